The summed E-state index contributed by atoms with van der Waals surface area (Å²) in [6, 6.07) is 19.6. The van der Waals surface area contributed by atoms with Gasteiger partial charge < -0.3 is 0 Å². The number of amides is 1. The third-order valence-electron chi connectivity index (χ3n) is 3.02. The molecule has 0 unspecified atom stereocenters. The van der Waals surface area contributed by atoms with Crippen LogP contribution in [0.5, 0.6) is 0 Å². The maximum atomic E-state index is 12.4. The number of para-hydroxylation sites is 2. The first-order valence-electron chi connectivity index (χ1n) is 6.76. The van der Waals surface area contributed by atoms with Crippen molar-refractivity contribution >= 4 is 17.3 Å². The molecule has 2 nitrogen and oxygen atoms in total. The molecule has 0 atom stereocenters. The molecule has 0 aliphatic heterocycles. The fraction of sp³-hybridized carbons (Fsp3) is 0.235. The van der Waals surface area contributed by atoms with Gasteiger partial charge in [0.1, 0.15) is 0 Å². The largest absolute Gasteiger partial charge is 0.281 e. The van der Waals surface area contributed by atoms with E-state index in [-0.39, 0.29) is 5.91 Å². The average molecular weight is 253 g/mol. The van der Waals surface area contributed by atoms with Crippen molar-refractivity contribution in [1.29, 1.82) is 0 Å². The van der Waals surface area contributed by atoms with Gasteiger partial charge in [-0.2, -0.15) is 0 Å². The molecule has 2 aromatic carbocycles. The summed E-state index contributed by atoms with van der Waals surface area (Å²) in [5.41, 5.74) is 1.85. The zero-order valence-corrected chi connectivity index (χ0v) is 11.3. The molecule has 0 fully saturated rings. The molecule has 0 saturated carbocycles. The summed E-state index contributed by atoms with van der Waals surface area (Å²) in [5, 5.41) is 0. The van der Waals surface area contributed by atoms with E-state index in [2.05, 4.69) is 6.92 Å². The van der Waals surface area contributed by atoms with Gasteiger partial charge in [0.05, 0.1) is 0 Å². The number of nitrogens with zero attached hydrogens (tertiary/aromatic N) is 1. The molecule has 2 heteroatoms. The normalized spacial score (nSPS) is 10.2. The molecule has 0 saturated heterocycles. The van der Waals surface area contributed by atoms with Crippen LogP contribution in [0, 0.1) is 0 Å². The van der Waals surface area contributed by atoms with Gasteiger partial charge in [-0.25, -0.2) is 0 Å². The molecule has 0 radical (unpaired) electrons. The zero-order chi connectivity index (χ0) is 13.5. The summed E-state index contributed by atoms with van der Waals surface area (Å²) < 4.78 is 0. The van der Waals surface area contributed by atoms with Crippen molar-refractivity contribution in [3.05, 3.63) is 60.7 Å². The fourth-order valence-electron chi connectivity index (χ4n) is 2.03. The maximum absolute atomic E-state index is 12.4. The van der Waals surface area contributed by atoms with Gasteiger partial charge in [0.15, 0.2) is 0 Å². The number of benzene rings is 2. The smallest absolute Gasteiger partial charge is 0.231 e. The standard InChI is InChI=1S/C17H19NO/c1-2-3-14-17(19)18(15-10-6-4-7-11-15)16-12-8-5-9-13-16/h4-13H,2-3,14H2,1H3. The first-order chi connectivity index (χ1) is 9.33. The van der Waals surface area contributed by atoms with Crippen molar-refractivity contribution in [3.63, 3.8) is 0 Å². The number of carbonyl (C=O) groups excluding carboxylic acids is 1. The van der Waals surface area contributed by atoms with Gasteiger partial charge in [0, 0.05) is 17.8 Å². The van der Waals surface area contributed by atoms with E-state index >= 15 is 0 Å². The Morgan fingerprint density at radius 1 is 0.895 bits per heavy atom. The highest BCUT2D eigenvalue weighted by atomic mass is 16.2. The third-order valence-corrected chi connectivity index (χ3v) is 3.02. The Hall–Kier alpha value is -2.09. The fourth-order valence-corrected chi connectivity index (χ4v) is 2.03. The van der Waals surface area contributed by atoms with E-state index in [9.17, 15) is 4.79 Å². The maximum Gasteiger partial charge on any atom is 0.231 e. The van der Waals surface area contributed by atoms with Gasteiger partial charge >= 0.3 is 0 Å². The summed E-state index contributed by atoms with van der Waals surface area (Å²) in [7, 11) is 0. The Bertz CT molecular complexity index is 468. The molecule has 0 aromatic heterocycles. The van der Waals surface area contributed by atoms with E-state index in [1.165, 1.54) is 0 Å². The molecular weight excluding hydrogens is 234 g/mol. The Morgan fingerprint density at radius 3 is 1.79 bits per heavy atom. The molecular formula is C17H19NO. The van der Waals surface area contributed by atoms with Crippen molar-refractivity contribution in [2.24, 2.45) is 0 Å². The summed E-state index contributed by atoms with van der Waals surface area (Å²) in [6.45, 7) is 2.10. The Balaban J connectivity index is 2.31. The van der Waals surface area contributed by atoms with Gasteiger partial charge in [-0.15, -0.1) is 0 Å². The molecule has 0 bridgehead atoms. The number of hydrogen-bond donors (Lipinski definition) is 0. The van der Waals surface area contributed by atoms with E-state index in [4.69, 9.17) is 0 Å². The van der Waals surface area contributed by atoms with Gasteiger partial charge in [0.2, 0.25) is 5.91 Å². The topological polar surface area (TPSA) is 20.3 Å². The molecule has 2 aromatic rings. The van der Waals surface area contributed by atoms with Crippen LogP contribution in [-0.4, -0.2) is 5.91 Å². The van der Waals surface area contributed by atoms with Gasteiger partial charge in [-0.3, -0.25) is 9.69 Å². The lowest BCUT2D eigenvalue weighted by atomic mass is 10.2. The van der Waals surface area contributed by atoms with Crippen LogP contribution in [-0.2, 0) is 4.79 Å². The van der Waals surface area contributed by atoms with Crippen LogP contribution in [0.2, 0.25) is 0 Å². The summed E-state index contributed by atoms with van der Waals surface area (Å²) in [4.78, 5) is 14.2. The molecule has 1 amide bonds. The number of hydrogen-bond acceptors (Lipinski definition) is 1. The van der Waals surface area contributed by atoms with E-state index < -0.39 is 0 Å². The SMILES string of the molecule is CCCCC(=O)N(c1ccccc1)c1ccccc1. The Kier molecular flexibility index (Phi) is 4.73. The predicted octanol–water partition coefficient (Wildman–Crippen LogP) is 4.54. The van der Waals surface area contributed by atoms with Crippen LogP contribution in [0.15, 0.2) is 60.7 Å². The van der Waals surface area contributed by atoms with Crippen LogP contribution in [0.25, 0.3) is 0 Å². The van der Waals surface area contributed by atoms with Gasteiger partial charge in [-0.1, -0.05) is 49.7 Å². The molecule has 0 aliphatic rings. The highest BCUT2D eigenvalue weighted by Gasteiger charge is 2.16. The van der Waals surface area contributed by atoms with Gasteiger partial charge in [-0.05, 0) is 30.7 Å². The van der Waals surface area contributed by atoms with E-state index in [0.717, 1.165) is 24.2 Å². The molecule has 19 heavy (non-hydrogen) atoms. The lowest BCUT2D eigenvalue weighted by molar-refractivity contribution is -0.118. The van der Waals surface area contributed by atoms with Crippen molar-refractivity contribution in [1.82, 2.24) is 0 Å². The minimum absolute atomic E-state index is 0.152. The molecule has 0 N–H and O–H groups in total. The number of anilines is 2. The summed E-state index contributed by atoms with van der Waals surface area (Å²) >= 11 is 0. The predicted molar refractivity (Wildman–Crippen MR) is 79.6 cm³/mol. The second kappa shape index (κ2) is 6.74. The van der Waals surface area contributed by atoms with Crippen molar-refractivity contribution < 1.29 is 4.79 Å². The molecule has 0 spiro atoms. The minimum atomic E-state index is 0.152. The summed E-state index contributed by atoms with van der Waals surface area (Å²) in [6.07, 6.45) is 2.54. The van der Waals surface area contributed by atoms with Crippen molar-refractivity contribution in [3.8, 4) is 0 Å². The molecule has 0 heterocycles. The Labute approximate surface area is 114 Å². The van der Waals surface area contributed by atoms with Crippen LogP contribution in [0.3, 0.4) is 0 Å². The third kappa shape index (κ3) is 3.44. The van der Waals surface area contributed by atoms with Crippen LogP contribution >= 0.6 is 0 Å². The lowest BCUT2D eigenvalue weighted by Crippen LogP contribution is -2.25. The second-order valence-corrected chi connectivity index (χ2v) is 4.50. The average Bonchev–Trinajstić information content (AvgIpc) is 2.47. The Morgan fingerprint density at radius 2 is 1.37 bits per heavy atom. The number of carbonyl (C=O) groups is 1. The van der Waals surface area contributed by atoms with E-state index in [1.807, 2.05) is 60.7 Å². The van der Waals surface area contributed by atoms with Crippen LogP contribution in [0.1, 0.15) is 26.2 Å². The lowest BCUT2D eigenvalue weighted by Gasteiger charge is -2.23. The quantitative estimate of drug-likeness (QED) is 0.766. The highest BCUT2D eigenvalue weighted by molar-refractivity contribution is 6.00. The molecule has 2 rings (SSSR count). The highest BCUT2D eigenvalue weighted by Crippen LogP contribution is 2.26. The first-order valence-corrected chi connectivity index (χ1v) is 6.76. The van der Waals surface area contributed by atoms with Crippen LogP contribution < -0.4 is 4.90 Å². The van der Waals surface area contributed by atoms with Crippen molar-refractivity contribution in [2.45, 2.75) is 26.2 Å². The second-order valence-electron chi connectivity index (χ2n) is 4.50. The molecule has 98 valence electrons. The first kappa shape index (κ1) is 13.3. The number of unbranched alkanes of at least 4 members (excludes halogenated alkanes) is 1. The molecule has 0 aliphatic carbocycles. The van der Waals surface area contributed by atoms with Gasteiger partial charge in [0.25, 0.3) is 0 Å². The van der Waals surface area contributed by atoms with Crippen molar-refractivity contribution in [2.75, 3.05) is 4.90 Å². The van der Waals surface area contributed by atoms with E-state index in [1.54, 1.807) is 4.90 Å². The minimum Gasteiger partial charge on any atom is -0.281 e. The monoisotopic (exact) mass is 253 g/mol. The van der Waals surface area contributed by atoms with Crippen LogP contribution in [0.4, 0.5) is 11.4 Å². The zero-order valence-electron chi connectivity index (χ0n) is 11.3. The van der Waals surface area contributed by atoms with E-state index in [0.29, 0.717) is 6.42 Å². The number of rotatable bonds is 5. The summed E-state index contributed by atoms with van der Waals surface area (Å²) in [5.74, 6) is 0.152.